The van der Waals surface area contributed by atoms with Crippen LogP contribution in [0.25, 0.3) is 0 Å². The van der Waals surface area contributed by atoms with Crippen molar-refractivity contribution >= 4 is 30.7 Å². The molecule has 0 aromatic carbocycles. The van der Waals surface area contributed by atoms with Gasteiger partial charge in [0.05, 0.1) is 0 Å². The fourth-order valence-electron chi connectivity index (χ4n) is 3.50. The molecule has 2 aliphatic heterocycles. The van der Waals surface area contributed by atoms with Crippen molar-refractivity contribution in [3.05, 3.63) is 0 Å². The van der Waals surface area contributed by atoms with Crippen LogP contribution in [0.3, 0.4) is 0 Å². The highest BCUT2D eigenvalue weighted by Crippen LogP contribution is 2.26. The molecule has 2 saturated heterocycles. The van der Waals surface area contributed by atoms with E-state index < -0.39 is 12.2 Å². The van der Waals surface area contributed by atoms with Gasteiger partial charge in [0, 0.05) is 32.6 Å². The molecule has 4 nitrogen and oxygen atoms in total. The van der Waals surface area contributed by atoms with Gasteiger partial charge in [-0.1, -0.05) is 6.92 Å². The summed E-state index contributed by atoms with van der Waals surface area (Å²) in [6.07, 6.45) is -1.40. The van der Waals surface area contributed by atoms with Crippen LogP contribution >= 0.6 is 24.8 Å². The molecular formula is C16H30Cl2F3N3O. The Bertz CT molecular complexity index is 399. The minimum absolute atomic E-state index is 0. The number of piperazine rings is 1. The molecule has 0 saturated carbocycles. The molecule has 2 fully saturated rings. The third-order valence-electron chi connectivity index (χ3n) is 5.32. The van der Waals surface area contributed by atoms with Gasteiger partial charge in [-0.25, -0.2) is 0 Å². The van der Waals surface area contributed by atoms with Crippen LogP contribution in [-0.2, 0) is 4.79 Å². The molecule has 1 amide bonds. The van der Waals surface area contributed by atoms with Crippen molar-refractivity contribution in [2.24, 2.45) is 11.8 Å². The molecule has 0 radical (unpaired) electrons. The number of piperidine rings is 1. The van der Waals surface area contributed by atoms with Crippen molar-refractivity contribution in [3.63, 3.8) is 0 Å². The summed E-state index contributed by atoms with van der Waals surface area (Å²) in [5.41, 5.74) is 0. The van der Waals surface area contributed by atoms with Gasteiger partial charge in [0.1, 0.15) is 6.04 Å². The van der Waals surface area contributed by atoms with E-state index in [1.807, 2.05) is 0 Å². The summed E-state index contributed by atoms with van der Waals surface area (Å²) in [6.45, 7) is 6.70. The number of nitrogens with one attached hydrogen (secondary N) is 1. The first-order valence-corrected chi connectivity index (χ1v) is 8.58. The van der Waals surface area contributed by atoms with E-state index in [1.54, 1.807) is 4.90 Å². The van der Waals surface area contributed by atoms with Crippen molar-refractivity contribution in [3.8, 4) is 0 Å². The molecule has 3 unspecified atom stereocenters. The van der Waals surface area contributed by atoms with Gasteiger partial charge >= 0.3 is 6.18 Å². The maximum Gasteiger partial charge on any atom is 0.403 e. The summed E-state index contributed by atoms with van der Waals surface area (Å²) in [5.74, 6) is 0.934. The van der Waals surface area contributed by atoms with E-state index >= 15 is 0 Å². The van der Waals surface area contributed by atoms with Crippen molar-refractivity contribution in [1.29, 1.82) is 0 Å². The van der Waals surface area contributed by atoms with Crippen LogP contribution < -0.4 is 5.32 Å². The molecule has 0 aromatic rings. The standard InChI is InChI=1S/C16H28F3N3O.2ClH/c1-12(14-4-3-5-20-11-14)10-15(23)22-8-6-21(7-9-22)13(2)16(17,18)19;;/h12-14,20H,3-11H2,1-2H3;2*1H. The number of alkyl halides is 3. The molecule has 2 heterocycles. The minimum atomic E-state index is -4.20. The Labute approximate surface area is 160 Å². The number of nitrogens with zero attached hydrogens (tertiary/aromatic N) is 2. The van der Waals surface area contributed by atoms with Crippen LogP contribution in [-0.4, -0.2) is 67.2 Å². The summed E-state index contributed by atoms with van der Waals surface area (Å²) in [5, 5.41) is 3.36. The second kappa shape index (κ2) is 10.8. The van der Waals surface area contributed by atoms with E-state index in [0.29, 0.717) is 44.4 Å². The van der Waals surface area contributed by atoms with Gasteiger partial charge in [0.25, 0.3) is 0 Å². The average molecular weight is 408 g/mol. The van der Waals surface area contributed by atoms with Gasteiger partial charge in [-0.05, 0) is 44.7 Å². The molecule has 0 aliphatic carbocycles. The number of hydrogen-bond donors (Lipinski definition) is 1. The normalized spacial score (nSPS) is 24.7. The second-order valence-corrected chi connectivity index (χ2v) is 6.92. The smallest absolute Gasteiger partial charge is 0.340 e. The molecule has 2 aliphatic rings. The number of carbonyl (C=O) groups excluding carboxylic acids is 1. The van der Waals surface area contributed by atoms with Crippen LogP contribution in [0.15, 0.2) is 0 Å². The molecule has 3 atom stereocenters. The summed E-state index contributed by atoms with van der Waals surface area (Å²) >= 11 is 0. The van der Waals surface area contributed by atoms with Crippen molar-refractivity contribution < 1.29 is 18.0 Å². The Morgan fingerprint density at radius 3 is 2.24 bits per heavy atom. The summed E-state index contributed by atoms with van der Waals surface area (Å²) in [7, 11) is 0. The van der Waals surface area contributed by atoms with Crippen molar-refractivity contribution in [1.82, 2.24) is 15.1 Å². The van der Waals surface area contributed by atoms with Gasteiger partial charge < -0.3 is 10.2 Å². The lowest BCUT2D eigenvalue weighted by Crippen LogP contribution is -2.55. The quantitative estimate of drug-likeness (QED) is 0.777. The van der Waals surface area contributed by atoms with Gasteiger partial charge in [0.2, 0.25) is 5.91 Å². The molecule has 2 rings (SSSR count). The molecule has 150 valence electrons. The Kier molecular flexibility index (Phi) is 10.7. The van der Waals surface area contributed by atoms with E-state index in [-0.39, 0.29) is 30.7 Å². The van der Waals surface area contributed by atoms with E-state index in [2.05, 4.69) is 12.2 Å². The van der Waals surface area contributed by atoms with Crippen molar-refractivity contribution in [2.75, 3.05) is 39.3 Å². The highest BCUT2D eigenvalue weighted by atomic mass is 35.5. The molecule has 9 heteroatoms. The summed E-state index contributed by atoms with van der Waals surface area (Å²) in [6, 6.07) is -1.44. The molecule has 0 spiro atoms. The predicted octanol–water partition coefficient (Wildman–Crippen LogP) is 2.95. The fourth-order valence-corrected chi connectivity index (χ4v) is 3.50. The Balaban J connectivity index is 0.00000288. The molecule has 0 aromatic heterocycles. The Morgan fingerprint density at radius 2 is 1.76 bits per heavy atom. The van der Waals surface area contributed by atoms with Gasteiger partial charge in [-0.3, -0.25) is 9.69 Å². The van der Waals surface area contributed by atoms with Crippen LogP contribution in [0, 0.1) is 11.8 Å². The average Bonchev–Trinajstić information content (AvgIpc) is 2.54. The predicted molar refractivity (Wildman–Crippen MR) is 97.5 cm³/mol. The van der Waals surface area contributed by atoms with Gasteiger partial charge in [0.15, 0.2) is 0 Å². The Hall–Kier alpha value is -0.240. The number of halogens is 5. The maximum atomic E-state index is 12.7. The third kappa shape index (κ3) is 7.12. The lowest BCUT2D eigenvalue weighted by atomic mass is 9.85. The Morgan fingerprint density at radius 1 is 1.16 bits per heavy atom. The van der Waals surface area contributed by atoms with Crippen molar-refractivity contribution in [2.45, 2.75) is 45.3 Å². The molecular weight excluding hydrogens is 378 g/mol. The fraction of sp³-hybridized carbons (Fsp3) is 0.938. The highest BCUT2D eigenvalue weighted by molar-refractivity contribution is 5.85. The SMILES string of the molecule is CC(CC(=O)N1CCN(C(C)C(F)(F)F)CC1)C1CCCNC1.Cl.Cl. The lowest BCUT2D eigenvalue weighted by molar-refractivity contribution is -0.183. The lowest BCUT2D eigenvalue weighted by Gasteiger charge is -2.39. The van der Waals surface area contributed by atoms with Gasteiger partial charge in [-0.15, -0.1) is 24.8 Å². The van der Waals surface area contributed by atoms with Crippen LogP contribution in [0.2, 0.25) is 0 Å². The van der Waals surface area contributed by atoms with E-state index in [0.717, 1.165) is 25.9 Å². The molecule has 0 bridgehead atoms. The zero-order valence-corrected chi connectivity index (χ0v) is 16.5. The van der Waals surface area contributed by atoms with Gasteiger partial charge in [-0.2, -0.15) is 13.2 Å². The zero-order valence-electron chi connectivity index (χ0n) is 14.8. The topological polar surface area (TPSA) is 35.6 Å². The molecule has 25 heavy (non-hydrogen) atoms. The van der Waals surface area contributed by atoms with E-state index in [4.69, 9.17) is 0 Å². The van der Waals surface area contributed by atoms with Crippen LogP contribution in [0.1, 0.15) is 33.1 Å². The number of hydrogen-bond acceptors (Lipinski definition) is 3. The minimum Gasteiger partial charge on any atom is -0.340 e. The first-order valence-electron chi connectivity index (χ1n) is 8.58. The monoisotopic (exact) mass is 407 g/mol. The third-order valence-corrected chi connectivity index (χ3v) is 5.32. The summed E-state index contributed by atoms with van der Waals surface area (Å²) in [4.78, 5) is 15.5. The second-order valence-electron chi connectivity index (χ2n) is 6.92. The van der Waals surface area contributed by atoms with E-state index in [1.165, 1.54) is 11.8 Å². The first-order chi connectivity index (χ1) is 10.8. The summed E-state index contributed by atoms with van der Waals surface area (Å²) < 4.78 is 38.2. The highest BCUT2D eigenvalue weighted by Gasteiger charge is 2.41. The number of carbonyl (C=O) groups is 1. The van der Waals surface area contributed by atoms with E-state index in [9.17, 15) is 18.0 Å². The number of amides is 1. The first kappa shape index (κ1) is 24.8. The maximum absolute atomic E-state index is 12.7. The van der Waals surface area contributed by atoms with Crippen LogP contribution in [0.5, 0.6) is 0 Å². The zero-order chi connectivity index (χ0) is 17.0. The number of rotatable bonds is 4. The van der Waals surface area contributed by atoms with Crippen LogP contribution in [0.4, 0.5) is 13.2 Å². The molecule has 1 N–H and O–H groups in total. The largest absolute Gasteiger partial charge is 0.403 e.